The Kier molecular flexibility index (Phi) is 3.69. The molecular formula is C19H13F2N5. The van der Waals surface area contributed by atoms with Gasteiger partial charge in [-0.05, 0) is 24.3 Å². The third-order valence-electron chi connectivity index (χ3n) is 4.06. The average molecular weight is 349 g/mol. The maximum Gasteiger partial charge on any atom is 0.213 e. The van der Waals surface area contributed by atoms with Crippen molar-refractivity contribution in [3.63, 3.8) is 0 Å². The van der Waals surface area contributed by atoms with Gasteiger partial charge in [0.05, 0.1) is 22.3 Å². The summed E-state index contributed by atoms with van der Waals surface area (Å²) >= 11 is 0. The molecule has 0 aliphatic rings. The Morgan fingerprint density at radius 1 is 1.00 bits per heavy atom. The minimum Gasteiger partial charge on any atom is -0.368 e. The van der Waals surface area contributed by atoms with Crippen LogP contribution in [-0.2, 0) is 0 Å². The van der Waals surface area contributed by atoms with E-state index in [-0.39, 0.29) is 17.2 Å². The third-order valence-corrected chi connectivity index (χ3v) is 4.06. The molecule has 0 radical (unpaired) electrons. The fourth-order valence-corrected chi connectivity index (χ4v) is 3.00. The molecule has 128 valence electrons. The molecule has 26 heavy (non-hydrogen) atoms. The van der Waals surface area contributed by atoms with Crippen molar-refractivity contribution in [2.24, 2.45) is 10.7 Å². The summed E-state index contributed by atoms with van der Waals surface area (Å²) in [6.07, 6.45) is 1.63. The predicted octanol–water partition coefficient (Wildman–Crippen LogP) is 3.46. The predicted molar refractivity (Wildman–Crippen MR) is 96.4 cm³/mol. The molecule has 0 saturated carbocycles. The van der Waals surface area contributed by atoms with Gasteiger partial charge in [0.1, 0.15) is 17.0 Å². The second kappa shape index (κ2) is 6.03. The Morgan fingerprint density at radius 3 is 2.46 bits per heavy atom. The average Bonchev–Trinajstić information content (AvgIpc) is 3.04. The Labute approximate surface area is 146 Å². The van der Waals surface area contributed by atoms with Crippen LogP contribution in [0.15, 0.2) is 59.7 Å². The van der Waals surface area contributed by atoms with Crippen LogP contribution < -0.4 is 11.1 Å². The molecule has 2 heterocycles. The number of nitrogens with two attached hydrogens (primary N) is 1. The van der Waals surface area contributed by atoms with Crippen LogP contribution in [0.4, 0.5) is 8.78 Å². The van der Waals surface area contributed by atoms with Gasteiger partial charge in [0.2, 0.25) is 5.96 Å². The molecule has 0 atom stereocenters. The van der Waals surface area contributed by atoms with E-state index < -0.39 is 11.6 Å². The van der Waals surface area contributed by atoms with E-state index in [2.05, 4.69) is 15.0 Å². The molecule has 2 aromatic carbocycles. The van der Waals surface area contributed by atoms with Crippen molar-refractivity contribution in [3.05, 3.63) is 71.7 Å². The monoisotopic (exact) mass is 349 g/mol. The van der Waals surface area contributed by atoms with Crippen LogP contribution >= 0.6 is 0 Å². The van der Waals surface area contributed by atoms with Crippen LogP contribution in [0.25, 0.3) is 33.1 Å². The van der Waals surface area contributed by atoms with Gasteiger partial charge in [-0.25, -0.2) is 18.8 Å². The number of nitrogens with zero attached hydrogens (tertiary/aromatic N) is 2. The zero-order valence-electron chi connectivity index (χ0n) is 13.4. The molecule has 0 spiro atoms. The van der Waals surface area contributed by atoms with Gasteiger partial charge in [-0.3, -0.25) is 5.41 Å². The van der Waals surface area contributed by atoms with Crippen LogP contribution in [0.5, 0.6) is 0 Å². The number of benzene rings is 2. The summed E-state index contributed by atoms with van der Waals surface area (Å²) in [6, 6.07) is 12.4. The molecule has 7 heteroatoms. The minimum atomic E-state index is -0.708. The first kappa shape index (κ1) is 15.9. The summed E-state index contributed by atoms with van der Waals surface area (Å²) in [5.41, 5.74) is 6.38. The number of halogens is 2. The van der Waals surface area contributed by atoms with E-state index in [4.69, 9.17) is 11.1 Å². The van der Waals surface area contributed by atoms with Crippen LogP contribution in [0, 0.1) is 17.0 Å². The van der Waals surface area contributed by atoms with Crippen molar-refractivity contribution in [3.8, 4) is 11.3 Å². The van der Waals surface area contributed by atoms with Gasteiger partial charge in [-0.1, -0.05) is 24.3 Å². The zero-order valence-corrected chi connectivity index (χ0v) is 13.4. The smallest absolute Gasteiger partial charge is 0.213 e. The van der Waals surface area contributed by atoms with E-state index in [1.165, 1.54) is 18.2 Å². The summed E-state index contributed by atoms with van der Waals surface area (Å²) < 4.78 is 28.9. The number of hydrogen-bond donors (Lipinski definition) is 3. The second-order valence-corrected chi connectivity index (χ2v) is 5.69. The van der Waals surface area contributed by atoms with Crippen molar-refractivity contribution < 1.29 is 8.78 Å². The lowest BCUT2D eigenvalue weighted by Gasteiger charge is -2.03. The van der Waals surface area contributed by atoms with Gasteiger partial charge in [0.15, 0.2) is 0 Å². The van der Waals surface area contributed by atoms with Crippen LogP contribution in [0.2, 0.25) is 0 Å². The molecule has 0 bridgehead atoms. The normalized spacial score (nSPS) is 12.0. The highest BCUT2D eigenvalue weighted by atomic mass is 19.1. The minimum absolute atomic E-state index is 0.151. The van der Waals surface area contributed by atoms with Gasteiger partial charge in [0, 0.05) is 17.0 Å². The van der Waals surface area contributed by atoms with E-state index in [1.54, 1.807) is 36.5 Å². The van der Waals surface area contributed by atoms with Gasteiger partial charge in [0.25, 0.3) is 0 Å². The molecule has 2 aromatic heterocycles. The standard InChI is InChI=1S/C19H13F2N5/c20-12-5-3-6-13(21)15(12)16-11-8-9-24-17(11)18(26-19(22)23)10-4-1-2-7-14(10)25-16/h1-9,24H,(H3,22,23)/b26-18-. The van der Waals surface area contributed by atoms with E-state index in [0.717, 1.165) is 0 Å². The first-order chi connectivity index (χ1) is 12.6. The maximum absolute atomic E-state index is 14.4. The number of para-hydroxylation sites is 1. The van der Waals surface area contributed by atoms with Gasteiger partial charge in [-0.2, -0.15) is 0 Å². The molecule has 5 nitrogen and oxygen atoms in total. The van der Waals surface area contributed by atoms with Crippen molar-refractivity contribution in [1.29, 1.82) is 5.41 Å². The first-order valence-corrected chi connectivity index (χ1v) is 7.79. The number of guanidine groups is 1. The number of H-pyrrole nitrogens is 1. The molecule has 0 amide bonds. The molecule has 0 saturated heterocycles. The molecule has 0 aliphatic carbocycles. The summed E-state index contributed by atoms with van der Waals surface area (Å²) in [5, 5.41) is 9.02. The number of aromatic nitrogens is 2. The number of rotatable bonds is 1. The van der Waals surface area contributed by atoms with Crippen molar-refractivity contribution in [1.82, 2.24) is 9.97 Å². The third kappa shape index (κ3) is 2.50. The Hall–Kier alpha value is -3.61. The fourth-order valence-electron chi connectivity index (χ4n) is 3.00. The largest absolute Gasteiger partial charge is 0.368 e. The number of aromatic amines is 1. The molecule has 4 rings (SSSR count). The summed E-state index contributed by atoms with van der Waals surface area (Å²) in [4.78, 5) is 11.7. The lowest BCUT2D eigenvalue weighted by atomic mass is 10.1. The van der Waals surface area contributed by atoms with Crippen LogP contribution in [0.3, 0.4) is 0 Å². The van der Waals surface area contributed by atoms with Crippen LogP contribution in [0.1, 0.15) is 0 Å². The van der Waals surface area contributed by atoms with E-state index in [9.17, 15) is 8.78 Å². The maximum atomic E-state index is 14.4. The first-order valence-electron chi connectivity index (χ1n) is 7.79. The van der Waals surface area contributed by atoms with Crippen molar-refractivity contribution in [2.75, 3.05) is 0 Å². The highest BCUT2D eigenvalue weighted by Gasteiger charge is 2.17. The van der Waals surface area contributed by atoms with E-state index in [1.807, 2.05) is 0 Å². The lowest BCUT2D eigenvalue weighted by molar-refractivity contribution is 0.589. The Bertz CT molecular complexity index is 1220. The molecule has 4 aromatic rings. The summed E-state index contributed by atoms with van der Waals surface area (Å²) in [6.45, 7) is 0. The molecule has 0 fully saturated rings. The highest BCUT2D eigenvalue weighted by Crippen LogP contribution is 2.30. The Balaban J connectivity index is 2.31. The fraction of sp³-hybridized carbons (Fsp3) is 0. The summed E-state index contributed by atoms with van der Waals surface area (Å²) in [7, 11) is 0. The number of fused-ring (bicyclic) bond motifs is 2. The van der Waals surface area contributed by atoms with Gasteiger partial charge in [-0.15, -0.1) is 0 Å². The SMILES string of the molecule is N=C(N)/N=c1/c2ccccc2nc(-c2c(F)cccc2F)c2cc[nH]c12. The number of nitrogens with one attached hydrogen (secondary N) is 2. The highest BCUT2D eigenvalue weighted by molar-refractivity contribution is 5.98. The summed E-state index contributed by atoms with van der Waals surface area (Å²) in [5.74, 6) is -1.79. The van der Waals surface area contributed by atoms with E-state index in [0.29, 0.717) is 27.2 Å². The second-order valence-electron chi connectivity index (χ2n) is 5.69. The molecule has 0 unspecified atom stereocenters. The van der Waals surface area contributed by atoms with Crippen LogP contribution in [-0.4, -0.2) is 15.9 Å². The van der Waals surface area contributed by atoms with Gasteiger partial charge < -0.3 is 10.7 Å². The number of hydrogen-bond acceptors (Lipinski definition) is 2. The molecular weight excluding hydrogens is 336 g/mol. The van der Waals surface area contributed by atoms with Gasteiger partial charge >= 0.3 is 0 Å². The molecule has 0 aliphatic heterocycles. The van der Waals surface area contributed by atoms with Crippen molar-refractivity contribution in [2.45, 2.75) is 0 Å². The van der Waals surface area contributed by atoms with Crippen molar-refractivity contribution >= 4 is 27.8 Å². The Morgan fingerprint density at radius 2 is 1.73 bits per heavy atom. The molecule has 4 N–H and O–H groups in total. The topological polar surface area (TPSA) is 90.9 Å². The lowest BCUT2D eigenvalue weighted by Crippen LogP contribution is -2.13. The zero-order chi connectivity index (χ0) is 18.3. The quantitative estimate of drug-likeness (QED) is 0.363. The van der Waals surface area contributed by atoms with E-state index >= 15 is 0 Å².